The van der Waals surface area contributed by atoms with Crippen molar-refractivity contribution in [3.63, 3.8) is 0 Å². The quantitative estimate of drug-likeness (QED) is 0.672. The van der Waals surface area contributed by atoms with E-state index in [9.17, 15) is 22.8 Å². The van der Waals surface area contributed by atoms with Crippen molar-refractivity contribution in [2.75, 3.05) is 6.54 Å². The van der Waals surface area contributed by atoms with Crippen molar-refractivity contribution in [3.8, 4) is 23.0 Å². The van der Waals surface area contributed by atoms with E-state index >= 15 is 0 Å². The van der Waals surface area contributed by atoms with Gasteiger partial charge in [-0.25, -0.2) is 4.68 Å². The van der Waals surface area contributed by atoms with E-state index in [1.807, 2.05) is 0 Å². The number of aromatic nitrogens is 4. The van der Waals surface area contributed by atoms with Gasteiger partial charge < -0.3 is 9.84 Å². The van der Waals surface area contributed by atoms with Gasteiger partial charge in [-0.15, -0.1) is 0 Å². The van der Waals surface area contributed by atoms with Crippen LogP contribution in [0.5, 0.6) is 0 Å². The Bertz CT molecular complexity index is 1070. The number of nitrogens with zero attached hydrogens (tertiary/aromatic N) is 4. The molecule has 1 amide bonds. The molecule has 0 radical (unpaired) electrons. The fraction of sp³-hybridized carbons (Fsp3) is 0.278. The van der Waals surface area contributed by atoms with Gasteiger partial charge in [-0.2, -0.15) is 23.3 Å². The molecule has 0 unspecified atom stereocenters. The van der Waals surface area contributed by atoms with Crippen LogP contribution in [-0.2, 0) is 17.8 Å². The molecule has 0 bridgehead atoms. The zero-order chi connectivity index (χ0) is 21.0. The SMILES string of the molecule is CCNC(=O)Cn1nc(-c2nc(-c3cccc(CC(F)(F)F)c3)no2)ccc1=O. The third-order valence-corrected chi connectivity index (χ3v) is 3.77. The van der Waals surface area contributed by atoms with Crippen LogP contribution in [0, 0.1) is 0 Å². The summed E-state index contributed by atoms with van der Waals surface area (Å²) in [5.41, 5.74) is 0.0750. The van der Waals surface area contributed by atoms with E-state index < -0.39 is 18.2 Å². The predicted molar refractivity (Wildman–Crippen MR) is 95.7 cm³/mol. The van der Waals surface area contributed by atoms with E-state index in [0.29, 0.717) is 12.1 Å². The van der Waals surface area contributed by atoms with Gasteiger partial charge in [0.15, 0.2) is 0 Å². The summed E-state index contributed by atoms with van der Waals surface area (Å²) in [6.45, 7) is 1.88. The summed E-state index contributed by atoms with van der Waals surface area (Å²) >= 11 is 0. The smallest absolute Gasteiger partial charge is 0.355 e. The first kappa shape index (κ1) is 20.2. The molecule has 0 spiro atoms. The maximum atomic E-state index is 12.6. The highest BCUT2D eigenvalue weighted by Gasteiger charge is 2.27. The fourth-order valence-corrected chi connectivity index (χ4v) is 2.56. The summed E-state index contributed by atoms with van der Waals surface area (Å²) in [7, 11) is 0. The van der Waals surface area contributed by atoms with Gasteiger partial charge >= 0.3 is 6.18 Å². The molecular formula is C18H16F3N5O3. The Morgan fingerprint density at radius 2 is 2.03 bits per heavy atom. The Balaban J connectivity index is 1.86. The summed E-state index contributed by atoms with van der Waals surface area (Å²) in [5.74, 6) is -0.342. The molecule has 1 N–H and O–H groups in total. The molecule has 1 aromatic carbocycles. The van der Waals surface area contributed by atoms with Crippen LogP contribution in [0.4, 0.5) is 13.2 Å². The third kappa shape index (κ3) is 5.27. The van der Waals surface area contributed by atoms with Gasteiger partial charge in [-0.3, -0.25) is 9.59 Å². The van der Waals surface area contributed by atoms with Crippen LogP contribution in [0.25, 0.3) is 23.0 Å². The van der Waals surface area contributed by atoms with E-state index in [2.05, 4.69) is 20.6 Å². The molecule has 3 rings (SSSR count). The third-order valence-electron chi connectivity index (χ3n) is 3.77. The number of rotatable bonds is 6. The fourth-order valence-electron chi connectivity index (χ4n) is 2.56. The van der Waals surface area contributed by atoms with Crippen molar-refractivity contribution in [1.29, 1.82) is 0 Å². The maximum Gasteiger partial charge on any atom is 0.393 e. The monoisotopic (exact) mass is 407 g/mol. The second kappa shape index (κ2) is 8.25. The summed E-state index contributed by atoms with van der Waals surface area (Å²) in [6, 6.07) is 8.26. The van der Waals surface area contributed by atoms with Crippen molar-refractivity contribution in [1.82, 2.24) is 25.2 Å². The number of carbonyl (C=O) groups excluding carboxylic acids is 1. The normalized spacial score (nSPS) is 11.4. The van der Waals surface area contributed by atoms with Crippen LogP contribution in [-0.4, -0.2) is 38.5 Å². The lowest BCUT2D eigenvalue weighted by molar-refractivity contribution is -0.127. The van der Waals surface area contributed by atoms with Crippen LogP contribution in [0.2, 0.25) is 0 Å². The molecule has 0 aliphatic heterocycles. The summed E-state index contributed by atoms with van der Waals surface area (Å²) < 4.78 is 43.9. The molecular weight excluding hydrogens is 391 g/mol. The van der Waals surface area contributed by atoms with Crippen molar-refractivity contribution < 1.29 is 22.5 Å². The van der Waals surface area contributed by atoms with Gasteiger partial charge in [-0.1, -0.05) is 23.4 Å². The van der Waals surface area contributed by atoms with Gasteiger partial charge in [0.1, 0.15) is 12.2 Å². The molecule has 8 nitrogen and oxygen atoms in total. The van der Waals surface area contributed by atoms with Crippen LogP contribution in [0.1, 0.15) is 12.5 Å². The number of likely N-dealkylation sites (N-methyl/N-ethyl adjacent to an activating group) is 1. The van der Waals surface area contributed by atoms with E-state index in [1.165, 1.54) is 30.3 Å². The Labute approximate surface area is 162 Å². The van der Waals surface area contributed by atoms with E-state index in [0.717, 1.165) is 4.68 Å². The molecule has 152 valence electrons. The number of alkyl halides is 3. The number of carbonyl (C=O) groups is 1. The topological polar surface area (TPSA) is 103 Å². The Morgan fingerprint density at radius 3 is 2.76 bits per heavy atom. The standard InChI is InChI=1S/C18H16F3N5O3/c1-2-22-14(27)10-26-15(28)7-6-13(24-26)17-23-16(25-29-17)12-5-3-4-11(8-12)9-18(19,20)21/h3-8H,2,9-10H2,1H3,(H,22,27). The minimum absolute atomic E-state index is 0.0362. The summed E-state index contributed by atoms with van der Waals surface area (Å²) in [4.78, 5) is 27.7. The highest BCUT2D eigenvalue weighted by Crippen LogP contribution is 2.25. The number of halogens is 3. The largest absolute Gasteiger partial charge is 0.393 e. The summed E-state index contributed by atoms with van der Waals surface area (Å²) in [5, 5.41) is 10.4. The Hall–Kier alpha value is -3.50. The zero-order valence-electron chi connectivity index (χ0n) is 15.2. The predicted octanol–water partition coefficient (Wildman–Crippen LogP) is 2.20. The van der Waals surface area contributed by atoms with E-state index in [-0.39, 0.29) is 35.4 Å². The van der Waals surface area contributed by atoms with Gasteiger partial charge in [0.05, 0.1) is 6.42 Å². The van der Waals surface area contributed by atoms with Crippen LogP contribution in [0.15, 0.2) is 45.7 Å². The second-order valence-electron chi connectivity index (χ2n) is 6.08. The molecule has 0 aliphatic rings. The number of amides is 1. The van der Waals surface area contributed by atoms with Gasteiger partial charge in [0.25, 0.3) is 11.4 Å². The van der Waals surface area contributed by atoms with E-state index in [1.54, 1.807) is 13.0 Å². The molecule has 0 aliphatic carbocycles. The number of benzene rings is 1. The minimum atomic E-state index is -4.33. The number of hydrogen-bond acceptors (Lipinski definition) is 6. The molecule has 29 heavy (non-hydrogen) atoms. The zero-order valence-corrected chi connectivity index (χ0v) is 15.2. The molecule has 2 heterocycles. The van der Waals surface area contributed by atoms with Crippen molar-refractivity contribution >= 4 is 5.91 Å². The van der Waals surface area contributed by atoms with Crippen molar-refractivity contribution in [3.05, 3.63) is 52.3 Å². The molecule has 3 aromatic rings. The summed E-state index contributed by atoms with van der Waals surface area (Å²) in [6.07, 6.45) is -5.40. The Kier molecular flexibility index (Phi) is 5.76. The van der Waals surface area contributed by atoms with Crippen LogP contribution < -0.4 is 10.9 Å². The molecule has 0 saturated carbocycles. The van der Waals surface area contributed by atoms with Crippen molar-refractivity contribution in [2.24, 2.45) is 0 Å². The maximum absolute atomic E-state index is 12.6. The van der Waals surface area contributed by atoms with Gasteiger partial charge in [-0.05, 0) is 24.6 Å². The number of nitrogens with one attached hydrogen (secondary N) is 1. The lowest BCUT2D eigenvalue weighted by atomic mass is 10.1. The highest BCUT2D eigenvalue weighted by molar-refractivity contribution is 5.75. The first-order valence-electron chi connectivity index (χ1n) is 8.60. The molecule has 0 fully saturated rings. The lowest BCUT2D eigenvalue weighted by Gasteiger charge is -2.06. The second-order valence-corrected chi connectivity index (χ2v) is 6.08. The first-order chi connectivity index (χ1) is 13.7. The van der Waals surface area contributed by atoms with Gasteiger partial charge in [0, 0.05) is 18.2 Å². The highest BCUT2D eigenvalue weighted by atomic mass is 19.4. The molecule has 11 heteroatoms. The molecule has 2 aromatic heterocycles. The average molecular weight is 407 g/mol. The van der Waals surface area contributed by atoms with Crippen molar-refractivity contribution in [2.45, 2.75) is 26.1 Å². The van der Waals surface area contributed by atoms with Gasteiger partial charge in [0.2, 0.25) is 11.7 Å². The van der Waals surface area contributed by atoms with E-state index in [4.69, 9.17) is 4.52 Å². The minimum Gasteiger partial charge on any atom is -0.355 e. The first-order valence-corrected chi connectivity index (χ1v) is 8.60. The number of hydrogen-bond donors (Lipinski definition) is 1. The van der Waals surface area contributed by atoms with Crippen LogP contribution >= 0.6 is 0 Å². The van der Waals surface area contributed by atoms with Crippen LogP contribution in [0.3, 0.4) is 0 Å². The Morgan fingerprint density at radius 1 is 1.24 bits per heavy atom. The lowest BCUT2D eigenvalue weighted by Crippen LogP contribution is -2.33. The molecule has 0 atom stereocenters. The average Bonchev–Trinajstić information content (AvgIpc) is 3.13. The molecule has 0 saturated heterocycles.